The van der Waals surface area contributed by atoms with Crippen molar-refractivity contribution in [1.29, 1.82) is 0 Å². The predicted molar refractivity (Wildman–Crippen MR) is 110 cm³/mol. The van der Waals surface area contributed by atoms with Gasteiger partial charge in [0, 0.05) is 25.6 Å². The zero-order chi connectivity index (χ0) is 21.8. The van der Waals surface area contributed by atoms with E-state index in [2.05, 4.69) is 32.4 Å². The number of nitrogens with one attached hydrogen (secondary N) is 2. The highest BCUT2D eigenvalue weighted by Crippen LogP contribution is 2.44. The fourth-order valence-corrected chi connectivity index (χ4v) is 3.53. The number of rotatable bonds is 7. The van der Waals surface area contributed by atoms with Gasteiger partial charge in [-0.3, -0.25) is 0 Å². The summed E-state index contributed by atoms with van der Waals surface area (Å²) in [5.74, 6) is 2.09. The summed E-state index contributed by atoms with van der Waals surface area (Å²) >= 11 is 0. The van der Waals surface area contributed by atoms with Gasteiger partial charge in [-0.15, -0.1) is 16.8 Å². The maximum absolute atomic E-state index is 13.2. The molecule has 1 saturated carbocycles. The second-order valence-corrected chi connectivity index (χ2v) is 7.62. The first-order chi connectivity index (χ1) is 14.2. The van der Waals surface area contributed by atoms with Crippen molar-refractivity contribution in [2.45, 2.75) is 44.3 Å². The highest BCUT2D eigenvalue weighted by Gasteiger charge is 2.40. The van der Waals surface area contributed by atoms with Crippen molar-refractivity contribution in [3.05, 3.63) is 59.7 Å². The van der Waals surface area contributed by atoms with Crippen LogP contribution in [0.5, 0.6) is 0 Å². The van der Waals surface area contributed by atoms with Gasteiger partial charge in [0.05, 0.1) is 5.56 Å². The molecule has 0 atom stereocenters. The molecule has 1 aromatic heterocycles. The lowest BCUT2D eigenvalue weighted by Gasteiger charge is -2.43. The second-order valence-electron chi connectivity index (χ2n) is 7.62. The summed E-state index contributed by atoms with van der Waals surface area (Å²) < 4.78 is 41.3. The third kappa shape index (κ3) is 4.83. The summed E-state index contributed by atoms with van der Waals surface area (Å²) in [5, 5.41) is 14.6. The molecule has 2 aromatic rings. The van der Waals surface area contributed by atoms with Crippen LogP contribution in [0.1, 0.15) is 42.0 Å². The largest absolute Gasteiger partial charge is 0.416 e. The van der Waals surface area contributed by atoms with E-state index in [0.717, 1.165) is 37.0 Å². The van der Waals surface area contributed by atoms with E-state index in [4.69, 9.17) is 0 Å². The fourth-order valence-electron chi connectivity index (χ4n) is 3.53. The maximum Gasteiger partial charge on any atom is 0.416 e. The number of aryl methyl sites for hydroxylation is 1. The predicted octanol–water partition coefficient (Wildman–Crippen LogP) is 3.49. The van der Waals surface area contributed by atoms with Crippen LogP contribution >= 0.6 is 0 Å². The van der Waals surface area contributed by atoms with E-state index < -0.39 is 11.7 Å². The highest BCUT2D eigenvalue weighted by molar-refractivity contribution is 5.80. The van der Waals surface area contributed by atoms with E-state index in [9.17, 15) is 13.2 Å². The zero-order valence-electron chi connectivity index (χ0n) is 17.3. The molecule has 0 saturated heterocycles. The molecule has 30 heavy (non-hydrogen) atoms. The Kier molecular flexibility index (Phi) is 6.48. The van der Waals surface area contributed by atoms with Crippen LogP contribution in [0.2, 0.25) is 0 Å². The van der Waals surface area contributed by atoms with Gasteiger partial charge in [0.25, 0.3) is 0 Å². The monoisotopic (exact) mass is 420 g/mol. The van der Waals surface area contributed by atoms with Crippen molar-refractivity contribution in [3.63, 3.8) is 0 Å². The van der Waals surface area contributed by atoms with Crippen molar-refractivity contribution < 1.29 is 13.2 Å². The zero-order valence-corrected chi connectivity index (χ0v) is 17.3. The molecule has 162 valence electrons. The van der Waals surface area contributed by atoms with E-state index in [1.54, 1.807) is 12.1 Å². The molecule has 1 heterocycles. The molecule has 2 N–H and O–H groups in total. The molecule has 0 unspecified atom stereocenters. The summed E-state index contributed by atoms with van der Waals surface area (Å²) in [5.41, 5.74) is -0.232. The molecule has 1 fully saturated rings. The Morgan fingerprint density at radius 2 is 2.07 bits per heavy atom. The molecule has 0 bridgehead atoms. The smallest absolute Gasteiger partial charge is 0.355 e. The van der Waals surface area contributed by atoms with E-state index in [1.807, 2.05) is 18.5 Å². The molecule has 1 aliphatic carbocycles. The Labute approximate surface area is 174 Å². The van der Waals surface area contributed by atoms with E-state index in [1.165, 1.54) is 12.1 Å². The summed E-state index contributed by atoms with van der Waals surface area (Å²) in [4.78, 5) is 4.56. The molecule has 0 spiro atoms. The van der Waals surface area contributed by atoms with Crippen LogP contribution in [0, 0.1) is 6.92 Å². The molecule has 0 aliphatic heterocycles. The van der Waals surface area contributed by atoms with Gasteiger partial charge in [0.2, 0.25) is 0 Å². The van der Waals surface area contributed by atoms with Gasteiger partial charge >= 0.3 is 6.18 Å². The van der Waals surface area contributed by atoms with Crippen molar-refractivity contribution in [2.24, 2.45) is 12.0 Å². The second kappa shape index (κ2) is 8.89. The topological polar surface area (TPSA) is 67.1 Å². The Morgan fingerprint density at radius 1 is 1.30 bits per heavy atom. The standard InChI is InChI=1S/C21H27F3N6/c1-4-11-25-19(26-13-18-29-28-15(2)30(18)3)27-14-20(9-6-10-20)16-7-5-8-17(12-16)21(22,23)24/h4-5,7-8,12H,1,6,9-11,13-14H2,2-3H3,(H2,25,26,27). The van der Waals surface area contributed by atoms with Crippen LogP contribution in [0.25, 0.3) is 0 Å². The lowest BCUT2D eigenvalue weighted by molar-refractivity contribution is -0.137. The Balaban J connectivity index is 1.75. The number of nitrogens with zero attached hydrogens (tertiary/aromatic N) is 4. The van der Waals surface area contributed by atoms with Gasteiger partial charge in [0.15, 0.2) is 11.8 Å². The molecule has 9 heteroatoms. The van der Waals surface area contributed by atoms with Gasteiger partial charge in [-0.05, 0) is 31.4 Å². The molecular formula is C21H27F3N6. The van der Waals surface area contributed by atoms with Gasteiger partial charge in [-0.1, -0.05) is 30.7 Å². The summed E-state index contributed by atoms with van der Waals surface area (Å²) in [6, 6.07) is 5.66. The van der Waals surface area contributed by atoms with Crippen molar-refractivity contribution >= 4 is 5.96 Å². The van der Waals surface area contributed by atoms with Crippen LogP contribution < -0.4 is 10.6 Å². The third-order valence-corrected chi connectivity index (χ3v) is 5.68. The van der Waals surface area contributed by atoms with Gasteiger partial charge < -0.3 is 15.2 Å². The average molecular weight is 420 g/mol. The maximum atomic E-state index is 13.2. The average Bonchev–Trinajstić information content (AvgIpc) is 3.00. The quantitative estimate of drug-likeness (QED) is 0.409. The lowest BCUT2D eigenvalue weighted by Crippen LogP contribution is -2.49. The van der Waals surface area contributed by atoms with Gasteiger partial charge in [0.1, 0.15) is 12.4 Å². The van der Waals surface area contributed by atoms with Gasteiger partial charge in [-0.25, -0.2) is 4.99 Å². The van der Waals surface area contributed by atoms with Crippen LogP contribution in [-0.4, -0.2) is 33.8 Å². The van der Waals surface area contributed by atoms with Crippen LogP contribution in [-0.2, 0) is 25.2 Å². The molecule has 1 aromatic carbocycles. The molecule has 0 amide bonds. The number of alkyl halides is 3. The van der Waals surface area contributed by atoms with Crippen LogP contribution in [0.3, 0.4) is 0 Å². The number of aliphatic imine (C=N–C) groups is 1. The number of hydrogen-bond donors (Lipinski definition) is 2. The number of halogens is 3. The molecule has 1 aliphatic rings. The minimum absolute atomic E-state index is 0.334. The number of hydrogen-bond acceptors (Lipinski definition) is 3. The first kappa shape index (κ1) is 21.9. The lowest BCUT2D eigenvalue weighted by atomic mass is 9.64. The van der Waals surface area contributed by atoms with E-state index >= 15 is 0 Å². The summed E-state index contributed by atoms with van der Waals surface area (Å²) in [7, 11) is 1.88. The summed E-state index contributed by atoms with van der Waals surface area (Å²) in [6.45, 7) is 6.92. The Bertz CT molecular complexity index is 912. The Hall–Kier alpha value is -2.84. The summed E-state index contributed by atoms with van der Waals surface area (Å²) in [6.07, 6.45) is 0.0239. The number of guanidine groups is 1. The van der Waals surface area contributed by atoms with Crippen LogP contribution in [0.15, 0.2) is 41.9 Å². The minimum atomic E-state index is -4.35. The first-order valence-corrected chi connectivity index (χ1v) is 9.91. The van der Waals surface area contributed by atoms with Crippen molar-refractivity contribution in [1.82, 2.24) is 25.4 Å². The third-order valence-electron chi connectivity index (χ3n) is 5.68. The van der Waals surface area contributed by atoms with Crippen LogP contribution in [0.4, 0.5) is 13.2 Å². The molecule has 3 rings (SSSR count). The number of aromatic nitrogens is 3. The molecule has 0 radical (unpaired) electrons. The van der Waals surface area contributed by atoms with E-state index in [0.29, 0.717) is 31.2 Å². The minimum Gasteiger partial charge on any atom is -0.355 e. The number of benzene rings is 1. The van der Waals surface area contributed by atoms with Gasteiger partial charge in [-0.2, -0.15) is 13.2 Å². The van der Waals surface area contributed by atoms with Crippen molar-refractivity contribution in [2.75, 3.05) is 13.1 Å². The van der Waals surface area contributed by atoms with Crippen molar-refractivity contribution in [3.8, 4) is 0 Å². The first-order valence-electron chi connectivity index (χ1n) is 9.91. The SMILES string of the molecule is C=CCNC(=NCc1nnc(C)n1C)NCC1(c2cccc(C(F)(F)F)c2)CCC1. The Morgan fingerprint density at radius 3 is 2.63 bits per heavy atom. The highest BCUT2D eigenvalue weighted by atomic mass is 19.4. The normalized spacial score (nSPS) is 16.1. The fraction of sp³-hybridized carbons (Fsp3) is 0.476. The van der Waals surface area contributed by atoms with E-state index in [-0.39, 0.29) is 5.41 Å². The molecular weight excluding hydrogens is 393 g/mol. The molecule has 6 nitrogen and oxygen atoms in total.